The van der Waals surface area contributed by atoms with Gasteiger partial charge >= 0.3 is 0 Å². The number of hydrogen-bond donors (Lipinski definition) is 1. The van der Waals surface area contributed by atoms with Crippen LogP contribution in [0.25, 0.3) is 0 Å². The summed E-state index contributed by atoms with van der Waals surface area (Å²) >= 11 is 0. The van der Waals surface area contributed by atoms with Gasteiger partial charge in [-0.05, 0) is 29.8 Å². The molecule has 0 atom stereocenters. The zero-order valence-electron chi connectivity index (χ0n) is 13.1. The smallest absolute Gasteiger partial charge is 0.251 e. The average Bonchev–Trinajstić information content (AvgIpc) is 2.93. The van der Waals surface area contributed by atoms with Gasteiger partial charge in [-0.1, -0.05) is 18.2 Å². The van der Waals surface area contributed by atoms with Crippen LogP contribution in [0, 0.1) is 0 Å². The van der Waals surface area contributed by atoms with Gasteiger partial charge in [0, 0.05) is 24.6 Å². The van der Waals surface area contributed by atoms with Crippen molar-refractivity contribution in [1.29, 1.82) is 0 Å². The summed E-state index contributed by atoms with van der Waals surface area (Å²) in [7, 11) is 0. The van der Waals surface area contributed by atoms with E-state index in [1.807, 2.05) is 18.2 Å². The lowest BCUT2D eigenvalue weighted by atomic mass is 10.1. The van der Waals surface area contributed by atoms with E-state index in [9.17, 15) is 14.4 Å². The third kappa shape index (κ3) is 3.65. The second-order valence-electron chi connectivity index (χ2n) is 5.57. The van der Waals surface area contributed by atoms with Gasteiger partial charge in [0.1, 0.15) is 0 Å². The molecule has 6 heteroatoms. The fourth-order valence-electron chi connectivity index (χ4n) is 2.52. The minimum absolute atomic E-state index is 0.141. The number of nitrogens with one attached hydrogen (secondary N) is 1. The van der Waals surface area contributed by atoms with E-state index in [-0.39, 0.29) is 37.1 Å². The molecule has 3 amide bonds. The van der Waals surface area contributed by atoms with Crippen molar-refractivity contribution in [3.8, 4) is 0 Å². The number of hydrogen-bond acceptors (Lipinski definition) is 4. The standard InChI is InChI=1S/C18H17N3O3/c22-16-8-9-17(23)21(16)12-13-4-6-14(7-5-13)18(24)20-11-15-3-1-2-10-19-15/h1-7,10H,8-9,11-12H2,(H,20,24). The first-order valence-corrected chi connectivity index (χ1v) is 7.74. The van der Waals surface area contributed by atoms with E-state index in [1.165, 1.54) is 4.90 Å². The van der Waals surface area contributed by atoms with Crippen molar-refractivity contribution in [3.05, 3.63) is 65.5 Å². The molecule has 24 heavy (non-hydrogen) atoms. The van der Waals surface area contributed by atoms with Gasteiger partial charge in [-0.3, -0.25) is 24.3 Å². The van der Waals surface area contributed by atoms with Gasteiger partial charge in [-0.2, -0.15) is 0 Å². The summed E-state index contributed by atoms with van der Waals surface area (Å²) in [5.41, 5.74) is 2.13. The molecule has 1 fully saturated rings. The summed E-state index contributed by atoms with van der Waals surface area (Å²) < 4.78 is 0. The van der Waals surface area contributed by atoms with Crippen molar-refractivity contribution >= 4 is 17.7 Å². The molecule has 0 radical (unpaired) electrons. The number of pyridine rings is 1. The van der Waals surface area contributed by atoms with Crippen LogP contribution in [0.3, 0.4) is 0 Å². The van der Waals surface area contributed by atoms with E-state index in [1.54, 1.807) is 30.5 Å². The van der Waals surface area contributed by atoms with E-state index in [4.69, 9.17) is 0 Å². The lowest BCUT2D eigenvalue weighted by Gasteiger charge is -2.14. The number of benzene rings is 1. The van der Waals surface area contributed by atoms with E-state index in [0.29, 0.717) is 12.1 Å². The van der Waals surface area contributed by atoms with Crippen molar-refractivity contribution in [2.45, 2.75) is 25.9 Å². The number of aromatic nitrogens is 1. The molecule has 1 aromatic carbocycles. The van der Waals surface area contributed by atoms with Gasteiger partial charge in [0.05, 0.1) is 18.8 Å². The summed E-state index contributed by atoms with van der Waals surface area (Å²) in [5, 5.41) is 2.80. The van der Waals surface area contributed by atoms with E-state index in [2.05, 4.69) is 10.3 Å². The number of carbonyl (C=O) groups is 3. The van der Waals surface area contributed by atoms with Crippen LogP contribution in [-0.4, -0.2) is 27.6 Å². The lowest BCUT2D eigenvalue weighted by molar-refractivity contribution is -0.139. The molecule has 3 rings (SSSR count). The van der Waals surface area contributed by atoms with E-state index >= 15 is 0 Å². The van der Waals surface area contributed by atoms with Crippen molar-refractivity contribution in [3.63, 3.8) is 0 Å². The minimum Gasteiger partial charge on any atom is -0.346 e. The maximum Gasteiger partial charge on any atom is 0.251 e. The topological polar surface area (TPSA) is 79.4 Å². The third-order valence-corrected chi connectivity index (χ3v) is 3.87. The van der Waals surface area contributed by atoms with Gasteiger partial charge < -0.3 is 5.32 Å². The van der Waals surface area contributed by atoms with Crippen molar-refractivity contribution in [1.82, 2.24) is 15.2 Å². The molecule has 122 valence electrons. The van der Waals surface area contributed by atoms with E-state index in [0.717, 1.165) is 11.3 Å². The highest BCUT2D eigenvalue weighted by Gasteiger charge is 2.28. The Hall–Kier alpha value is -3.02. The Balaban J connectivity index is 1.58. The Morgan fingerprint density at radius 2 is 1.75 bits per heavy atom. The van der Waals surface area contributed by atoms with Crippen LogP contribution in [0.2, 0.25) is 0 Å². The third-order valence-electron chi connectivity index (χ3n) is 3.87. The second-order valence-corrected chi connectivity index (χ2v) is 5.57. The molecule has 2 heterocycles. The molecule has 1 aliphatic rings. The van der Waals surface area contributed by atoms with Crippen LogP contribution in [0.5, 0.6) is 0 Å². The number of carbonyl (C=O) groups excluding carboxylic acids is 3. The Morgan fingerprint density at radius 3 is 2.38 bits per heavy atom. The molecule has 1 saturated heterocycles. The van der Waals surface area contributed by atoms with Crippen molar-refractivity contribution in [2.24, 2.45) is 0 Å². The zero-order chi connectivity index (χ0) is 16.9. The van der Waals surface area contributed by atoms with Crippen molar-refractivity contribution < 1.29 is 14.4 Å². The second kappa shape index (κ2) is 7.04. The van der Waals surface area contributed by atoms with Crippen LogP contribution in [-0.2, 0) is 22.7 Å². The first-order valence-electron chi connectivity index (χ1n) is 7.74. The van der Waals surface area contributed by atoms with Crippen LogP contribution < -0.4 is 5.32 Å². The molecule has 2 aromatic rings. The number of imide groups is 1. The highest BCUT2D eigenvalue weighted by atomic mass is 16.2. The molecule has 0 saturated carbocycles. The molecule has 1 aromatic heterocycles. The summed E-state index contributed by atoms with van der Waals surface area (Å²) in [6.45, 7) is 0.617. The highest BCUT2D eigenvalue weighted by molar-refractivity contribution is 6.01. The Labute approximate surface area is 139 Å². The van der Waals surface area contributed by atoms with Gasteiger partial charge in [0.25, 0.3) is 5.91 Å². The summed E-state index contributed by atoms with van der Waals surface area (Å²) in [6.07, 6.45) is 2.25. The Kier molecular flexibility index (Phi) is 4.65. The molecule has 1 aliphatic heterocycles. The van der Waals surface area contributed by atoms with Crippen LogP contribution in [0.15, 0.2) is 48.7 Å². The Morgan fingerprint density at radius 1 is 1.04 bits per heavy atom. The first kappa shape index (κ1) is 15.9. The van der Waals surface area contributed by atoms with Gasteiger partial charge in [-0.25, -0.2) is 0 Å². The first-order chi connectivity index (χ1) is 11.6. The molecular formula is C18H17N3O3. The molecule has 0 spiro atoms. The molecule has 6 nitrogen and oxygen atoms in total. The SMILES string of the molecule is O=C(NCc1ccccn1)c1ccc(CN2C(=O)CCC2=O)cc1. The van der Waals surface area contributed by atoms with Gasteiger partial charge in [-0.15, -0.1) is 0 Å². The van der Waals surface area contributed by atoms with E-state index < -0.39 is 0 Å². The molecule has 0 unspecified atom stereocenters. The monoisotopic (exact) mass is 323 g/mol. The zero-order valence-corrected chi connectivity index (χ0v) is 13.1. The van der Waals surface area contributed by atoms with Crippen LogP contribution in [0.4, 0.5) is 0 Å². The highest BCUT2D eigenvalue weighted by Crippen LogP contribution is 2.16. The fourth-order valence-corrected chi connectivity index (χ4v) is 2.52. The predicted molar refractivity (Wildman–Crippen MR) is 86.6 cm³/mol. The molecule has 1 N–H and O–H groups in total. The normalized spacial score (nSPS) is 14.1. The number of likely N-dealkylation sites (tertiary alicyclic amines) is 1. The number of rotatable bonds is 5. The minimum atomic E-state index is -0.194. The quantitative estimate of drug-likeness (QED) is 0.849. The summed E-state index contributed by atoms with van der Waals surface area (Å²) in [4.78, 5) is 40.8. The van der Waals surface area contributed by atoms with Crippen LogP contribution in [0.1, 0.15) is 34.5 Å². The number of amides is 3. The number of nitrogens with zero attached hydrogens (tertiary/aromatic N) is 2. The predicted octanol–water partition coefficient (Wildman–Crippen LogP) is 1.66. The van der Waals surface area contributed by atoms with Crippen molar-refractivity contribution in [2.75, 3.05) is 0 Å². The van der Waals surface area contributed by atoms with Crippen LogP contribution >= 0.6 is 0 Å². The maximum atomic E-state index is 12.1. The summed E-state index contributed by atoms with van der Waals surface area (Å²) in [5.74, 6) is -0.477. The maximum absolute atomic E-state index is 12.1. The Bertz CT molecular complexity index is 741. The lowest BCUT2D eigenvalue weighted by Crippen LogP contribution is -2.28. The molecule has 0 bridgehead atoms. The molecular weight excluding hydrogens is 306 g/mol. The summed E-state index contributed by atoms with van der Waals surface area (Å²) in [6, 6.07) is 12.4. The largest absolute Gasteiger partial charge is 0.346 e. The average molecular weight is 323 g/mol. The fraction of sp³-hybridized carbons (Fsp3) is 0.222. The molecule has 0 aliphatic carbocycles. The van der Waals surface area contributed by atoms with Gasteiger partial charge in [0.15, 0.2) is 0 Å². The van der Waals surface area contributed by atoms with Gasteiger partial charge in [0.2, 0.25) is 11.8 Å².